The van der Waals surface area contributed by atoms with Crippen LogP contribution in [0.1, 0.15) is 33.4 Å². The van der Waals surface area contributed by atoms with Crippen LogP contribution < -0.4 is 11.4 Å². The number of halogens is 1. The molecular formula is C15H26FN3O4Si. The van der Waals surface area contributed by atoms with Crippen molar-refractivity contribution in [3.05, 3.63) is 22.5 Å². The average molecular weight is 359 g/mol. The van der Waals surface area contributed by atoms with E-state index in [1.54, 1.807) is 0 Å². The fourth-order valence-electron chi connectivity index (χ4n) is 2.52. The lowest BCUT2D eigenvalue weighted by atomic mass is 10.1. The first-order valence-corrected chi connectivity index (χ1v) is 10.8. The van der Waals surface area contributed by atoms with Gasteiger partial charge < -0.3 is 19.6 Å². The van der Waals surface area contributed by atoms with Gasteiger partial charge in [0.2, 0.25) is 0 Å². The van der Waals surface area contributed by atoms with Gasteiger partial charge in [0.25, 0.3) is 0 Å². The smallest absolute Gasteiger partial charge is 0.351 e. The van der Waals surface area contributed by atoms with Crippen LogP contribution in [0.3, 0.4) is 0 Å². The highest BCUT2D eigenvalue weighted by atomic mass is 28.3. The van der Waals surface area contributed by atoms with Crippen LogP contribution in [0, 0.1) is 5.82 Å². The van der Waals surface area contributed by atoms with E-state index in [1.807, 2.05) is 33.9 Å². The van der Waals surface area contributed by atoms with Gasteiger partial charge in [-0.15, -0.1) is 0 Å². The molecule has 9 heteroatoms. The van der Waals surface area contributed by atoms with E-state index in [9.17, 15) is 9.18 Å². The molecule has 24 heavy (non-hydrogen) atoms. The van der Waals surface area contributed by atoms with Gasteiger partial charge in [-0.05, 0) is 33.9 Å². The highest BCUT2D eigenvalue weighted by Gasteiger charge is 2.39. The predicted octanol–water partition coefficient (Wildman–Crippen LogP) is 1.44. The van der Waals surface area contributed by atoms with E-state index in [2.05, 4.69) is 4.98 Å². The molecule has 2 heterocycles. The fourth-order valence-corrected chi connectivity index (χ4v) is 3.47. The molecule has 0 amide bonds. The number of anilines is 1. The Hall–Kier alpha value is -1.29. The van der Waals surface area contributed by atoms with Crippen LogP contribution >= 0.6 is 0 Å². The molecule has 1 aliphatic heterocycles. The highest BCUT2D eigenvalue weighted by molar-refractivity contribution is 6.48. The maximum absolute atomic E-state index is 13.7. The van der Waals surface area contributed by atoms with Crippen LogP contribution in [0.5, 0.6) is 0 Å². The van der Waals surface area contributed by atoms with Crippen LogP contribution in [0.4, 0.5) is 10.2 Å². The Bertz CT molecular complexity index is 632. The van der Waals surface area contributed by atoms with E-state index in [-0.39, 0.29) is 17.8 Å². The zero-order chi connectivity index (χ0) is 18.1. The maximum Gasteiger partial charge on any atom is 0.351 e. The summed E-state index contributed by atoms with van der Waals surface area (Å²) in [5, 5.41) is 0. The van der Waals surface area contributed by atoms with Gasteiger partial charge in [-0.25, -0.2) is 9.18 Å². The Balaban J connectivity index is 2.22. The molecule has 0 unspecified atom stereocenters. The topological polar surface area (TPSA) is 88.6 Å². The number of nitrogen functional groups attached to an aromatic ring is 1. The number of rotatable bonds is 5. The molecule has 0 saturated carbocycles. The monoisotopic (exact) mass is 359 g/mol. The van der Waals surface area contributed by atoms with E-state index in [1.165, 1.54) is 0 Å². The summed E-state index contributed by atoms with van der Waals surface area (Å²) in [6.45, 7) is 10.3. The summed E-state index contributed by atoms with van der Waals surface area (Å²) in [5.41, 5.74) is 4.39. The molecule has 0 aliphatic carbocycles. The quantitative estimate of drug-likeness (QED) is 0.800. The predicted molar refractivity (Wildman–Crippen MR) is 90.8 cm³/mol. The van der Waals surface area contributed by atoms with Gasteiger partial charge in [0.15, 0.2) is 26.9 Å². The van der Waals surface area contributed by atoms with Crippen molar-refractivity contribution in [2.24, 2.45) is 0 Å². The number of aromatic nitrogens is 2. The van der Waals surface area contributed by atoms with Gasteiger partial charge in [0.05, 0.1) is 30.6 Å². The van der Waals surface area contributed by atoms with Crippen molar-refractivity contribution < 1.29 is 18.3 Å². The summed E-state index contributed by atoms with van der Waals surface area (Å²) in [6.07, 6.45) is 0.293. The molecule has 0 bridgehead atoms. The van der Waals surface area contributed by atoms with Gasteiger partial charge in [-0.2, -0.15) is 4.98 Å². The summed E-state index contributed by atoms with van der Waals surface area (Å²) in [7, 11) is -1.38. The molecule has 0 spiro atoms. The molecule has 136 valence electrons. The molecular weight excluding hydrogens is 333 g/mol. The molecule has 7 nitrogen and oxygen atoms in total. The molecule has 3 atom stereocenters. The minimum absolute atomic E-state index is 0.237. The Morgan fingerprint density at radius 3 is 2.75 bits per heavy atom. The summed E-state index contributed by atoms with van der Waals surface area (Å²) >= 11 is 0. The van der Waals surface area contributed by atoms with E-state index in [0.29, 0.717) is 13.0 Å². The second-order valence-electron chi connectivity index (χ2n) is 7.19. The molecule has 2 rings (SSSR count). The summed E-state index contributed by atoms with van der Waals surface area (Å²) in [6, 6.07) is 0. The number of ether oxygens (including phenoxy) is 2. The van der Waals surface area contributed by atoms with Gasteiger partial charge in [0.1, 0.15) is 0 Å². The molecule has 2 N–H and O–H groups in total. The van der Waals surface area contributed by atoms with Crippen molar-refractivity contribution in [2.45, 2.75) is 64.3 Å². The minimum atomic E-state index is -1.38. The van der Waals surface area contributed by atoms with Crippen LogP contribution in [0.25, 0.3) is 0 Å². The molecule has 1 fully saturated rings. The van der Waals surface area contributed by atoms with Gasteiger partial charge in [0, 0.05) is 6.42 Å². The first-order valence-electron chi connectivity index (χ1n) is 8.06. The van der Waals surface area contributed by atoms with Crippen molar-refractivity contribution in [1.82, 2.24) is 9.55 Å². The van der Waals surface area contributed by atoms with E-state index in [0.717, 1.165) is 10.8 Å². The summed E-state index contributed by atoms with van der Waals surface area (Å²) < 4.78 is 32.5. The lowest BCUT2D eigenvalue weighted by molar-refractivity contribution is -0.0907. The lowest BCUT2D eigenvalue weighted by Crippen LogP contribution is -2.35. The zero-order valence-corrected chi connectivity index (χ0v) is 15.9. The third kappa shape index (κ3) is 4.85. The maximum atomic E-state index is 13.7. The molecule has 0 aromatic carbocycles. The molecule has 1 aromatic rings. The Labute approximate surface area is 142 Å². The number of hydrogen-bond donors (Lipinski definition) is 1. The largest absolute Gasteiger partial charge is 0.413 e. The van der Waals surface area contributed by atoms with E-state index >= 15 is 0 Å². The highest BCUT2D eigenvalue weighted by Crippen LogP contribution is 2.32. The molecule has 1 saturated heterocycles. The number of hydrogen-bond acceptors (Lipinski definition) is 6. The summed E-state index contributed by atoms with van der Waals surface area (Å²) in [4.78, 5) is 15.6. The molecule has 0 radical (unpaired) electrons. The van der Waals surface area contributed by atoms with Crippen LogP contribution in [0.2, 0.25) is 13.1 Å². The molecule has 1 aliphatic rings. The minimum Gasteiger partial charge on any atom is -0.413 e. The lowest BCUT2D eigenvalue weighted by Gasteiger charge is -2.23. The Morgan fingerprint density at radius 2 is 2.17 bits per heavy atom. The van der Waals surface area contributed by atoms with E-state index < -0.39 is 32.6 Å². The standard InChI is InChI=1S/C15H26FN3O4Si/c1-15(2,3)21-8-9-6-11(23-24(4)5)13(22-9)19-7-10(16)12(17)18-14(19)20/h7,9,11,13,24H,6,8H2,1-5H3,(H2,17,18,20)/t9-,11-,13+/m1/s1. The van der Waals surface area contributed by atoms with Crippen LogP contribution in [-0.2, 0) is 13.9 Å². The first kappa shape index (κ1) is 19.0. The normalized spacial score (nSPS) is 24.7. The average Bonchev–Trinajstić information content (AvgIpc) is 2.82. The van der Waals surface area contributed by atoms with Crippen molar-refractivity contribution >= 4 is 14.9 Å². The van der Waals surface area contributed by atoms with Crippen molar-refractivity contribution in [3.8, 4) is 0 Å². The Kier molecular flexibility index (Phi) is 5.79. The fraction of sp³-hybridized carbons (Fsp3) is 0.733. The van der Waals surface area contributed by atoms with Gasteiger partial charge in [-0.1, -0.05) is 0 Å². The third-order valence-corrected chi connectivity index (χ3v) is 4.40. The zero-order valence-electron chi connectivity index (χ0n) is 14.8. The van der Waals surface area contributed by atoms with Gasteiger partial charge >= 0.3 is 5.69 Å². The van der Waals surface area contributed by atoms with Gasteiger partial charge in [-0.3, -0.25) is 4.57 Å². The Morgan fingerprint density at radius 1 is 1.50 bits per heavy atom. The number of nitrogens with zero attached hydrogens (tertiary/aromatic N) is 2. The van der Waals surface area contributed by atoms with Crippen molar-refractivity contribution in [3.63, 3.8) is 0 Å². The molecule has 1 aromatic heterocycles. The number of nitrogens with two attached hydrogens (primary N) is 1. The second kappa shape index (κ2) is 7.30. The second-order valence-corrected chi connectivity index (χ2v) is 9.56. The van der Waals surface area contributed by atoms with Crippen LogP contribution in [-0.4, -0.2) is 43.0 Å². The SMILES string of the molecule is C[SiH](C)O[C@@H]1C[C@H](COC(C)(C)C)O[C@@H]1n1cc(F)c(N)nc1=O. The van der Waals surface area contributed by atoms with Crippen molar-refractivity contribution in [1.29, 1.82) is 0 Å². The van der Waals surface area contributed by atoms with E-state index in [4.69, 9.17) is 19.6 Å². The van der Waals surface area contributed by atoms with Crippen molar-refractivity contribution in [2.75, 3.05) is 12.3 Å². The third-order valence-electron chi connectivity index (χ3n) is 3.50. The first-order chi connectivity index (χ1) is 11.1. The summed E-state index contributed by atoms with van der Waals surface area (Å²) in [5.74, 6) is -1.18. The van der Waals surface area contributed by atoms with Crippen LogP contribution in [0.15, 0.2) is 11.0 Å².